The van der Waals surface area contributed by atoms with Crippen molar-refractivity contribution in [1.82, 2.24) is 4.31 Å². The van der Waals surface area contributed by atoms with Gasteiger partial charge in [-0.15, -0.1) is 0 Å². The smallest absolute Gasteiger partial charge is 0.247 e. The van der Waals surface area contributed by atoms with Crippen LogP contribution in [0.15, 0.2) is 77.7 Å². The molecule has 3 aromatic carbocycles. The third-order valence-electron chi connectivity index (χ3n) is 5.95. The predicted octanol–water partition coefficient (Wildman–Crippen LogP) is 4.73. The topological polar surface area (TPSA) is 99.5 Å². The summed E-state index contributed by atoms with van der Waals surface area (Å²) in [4.78, 5) is 12.8. The van der Waals surface area contributed by atoms with Gasteiger partial charge in [0.05, 0.1) is 25.1 Å². The van der Waals surface area contributed by atoms with Crippen molar-refractivity contribution in [1.29, 1.82) is 5.26 Å². The number of nitrogens with zero attached hydrogens (tertiary/aromatic N) is 2. The van der Waals surface area contributed by atoms with E-state index in [0.717, 1.165) is 28.3 Å². The SMILES string of the molecule is COc1ccc(Cl)cc1S(=O)(=O)N(CC(=O)Nc1ccc(C2(C#N)CC2)cc1)Cc1ccccc1. The van der Waals surface area contributed by atoms with Crippen LogP contribution in [0.5, 0.6) is 5.75 Å². The molecule has 0 saturated heterocycles. The van der Waals surface area contributed by atoms with E-state index in [2.05, 4.69) is 11.4 Å². The quantitative estimate of drug-likeness (QED) is 0.449. The summed E-state index contributed by atoms with van der Waals surface area (Å²) < 4.78 is 33.6. The second-order valence-corrected chi connectivity index (χ2v) is 10.7. The number of rotatable bonds is 9. The average Bonchev–Trinajstić information content (AvgIpc) is 3.66. The fourth-order valence-electron chi connectivity index (χ4n) is 3.83. The first-order valence-electron chi connectivity index (χ1n) is 11.0. The molecule has 1 N–H and O–H groups in total. The van der Waals surface area contributed by atoms with Gasteiger partial charge in [-0.3, -0.25) is 4.79 Å². The lowest BCUT2D eigenvalue weighted by atomic mass is 9.98. The normalized spacial score (nSPS) is 14.2. The van der Waals surface area contributed by atoms with Crippen LogP contribution in [0.2, 0.25) is 5.02 Å². The summed E-state index contributed by atoms with van der Waals surface area (Å²) in [7, 11) is -2.77. The number of carbonyl (C=O) groups excluding carboxylic acids is 1. The highest BCUT2D eigenvalue weighted by molar-refractivity contribution is 7.89. The van der Waals surface area contributed by atoms with Crippen LogP contribution in [0.3, 0.4) is 0 Å². The van der Waals surface area contributed by atoms with Crippen LogP contribution in [-0.4, -0.2) is 32.3 Å². The van der Waals surface area contributed by atoms with Gasteiger partial charge >= 0.3 is 0 Å². The first-order valence-corrected chi connectivity index (χ1v) is 12.8. The summed E-state index contributed by atoms with van der Waals surface area (Å²) in [6.45, 7) is -0.438. The van der Waals surface area contributed by atoms with Gasteiger partial charge in [0.1, 0.15) is 10.6 Å². The number of benzene rings is 3. The molecule has 1 saturated carbocycles. The molecule has 0 bridgehead atoms. The van der Waals surface area contributed by atoms with E-state index >= 15 is 0 Å². The van der Waals surface area contributed by atoms with E-state index in [1.807, 2.05) is 18.2 Å². The maximum absolute atomic E-state index is 13.6. The molecular weight excluding hydrogens is 486 g/mol. The molecule has 7 nitrogen and oxygen atoms in total. The summed E-state index contributed by atoms with van der Waals surface area (Å²) in [5.74, 6) is -0.366. The van der Waals surface area contributed by atoms with Gasteiger partial charge in [0.25, 0.3) is 0 Å². The third-order valence-corrected chi connectivity index (χ3v) is 8.00. The molecule has 1 aliphatic rings. The lowest BCUT2D eigenvalue weighted by Crippen LogP contribution is -2.37. The number of carbonyl (C=O) groups is 1. The third kappa shape index (κ3) is 5.49. The Bertz CT molecular complexity index is 1370. The summed E-state index contributed by atoms with van der Waals surface area (Å²) in [5, 5.41) is 12.4. The minimum absolute atomic E-state index is 0.0180. The number of sulfonamides is 1. The molecule has 0 radical (unpaired) electrons. The van der Waals surface area contributed by atoms with Crippen molar-refractivity contribution in [2.24, 2.45) is 0 Å². The van der Waals surface area contributed by atoms with Crippen LogP contribution in [-0.2, 0) is 26.8 Å². The van der Waals surface area contributed by atoms with Gasteiger partial charge < -0.3 is 10.1 Å². The Balaban J connectivity index is 1.58. The maximum Gasteiger partial charge on any atom is 0.247 e. The predicted molar refractivity (Wildman–Crippen MR) is 134 cm³/mol. The zero-order valence-corrected chi connectivity index (χ0v) is 20.6. The standard InChI is InChI=1S/C26H24ClN3O4S/c1-34-23-12-9-21(27)15-24(23)35(32,33)30(16-19-5-3-2-4-6-19)17-25(31)29-22-10-7-20(8-11-22)26(18-28)13-14-26/h2-12,15H,13-14,16-17H2,1H3,(H,29,31). The number of hydrogen-bond acceptors (Lipinski definition) is 5. The summed E-state index contributed by atoms with van der Waals surface area (Å²) >= 11 is 6.08. The molecule has 0 aromatic heterocycles. The highest BCUT2D eigenvalue weighted by atomic mass is 35.5. The maximum atomic E-state index is 13.6. The Labute approximate surface area is 210 Å². The zero-order chi connectivity index (χ0) is 25.1. The van der Waals surface area contributed by atoms with E-state index in [9.17, 15) is 18.5 Å². The van der Waals surface area contributed by atoms with Crippen molar-refractivity contribution in [2.45, 2.75) is 29.7 Å². The fraction of sp³-hybridized carbons (Fsp3) is 0.231. The van der Waals surface area contributed by atoms with Crippen LogP contribution in [0.4, 0.5) is 5.69 Å². The van der Waals surface area contributed by atoms with Crippen molar-refractivity contribution in [3.05, 3.63) is 88.9 Å². The zero-order valence-electron chi connectivity index (χ0n) is 19.1. The Morgan fingerprint density at radius 3 is 2.40 bits per heavy atom. The number of methoxy groups -OCH3 is 1. The molecular formula is C26H24ClN3O4S. The Morgan fingerprint density at radius 1 is 1.11 bits per heavy atom. The van der Waals surface area contributed by atoms with E-state index in [0.29, 0.717) is 5.69 Å². The summed E-state index contributed by atoms with van der Waals surface area (Å²) in [6.07, 6.45) is 1.66. The van der Waals surface area contributed by atoms with Crippen LogP contribution < -0.4 is 10.1 Å². The molecule has 1 amide bonds. The minimum atomic E-state index is -4.15. The fourth-order valence-corrected chi connectivity index (χ4v) is 5.63. The number of ether oxygens (including phenoxy) is 1. The monoisotopic (exact) mass is 509 g/mol. The van der Waals surface area contributed by atoms with E-state index in [1.54, 1.807) is 36.4 Å². The van der Waals surface area contributed by atoms with Crippen molar-refractivity contribution in [3.8, 4) is 11.8 Å². The van der Waals surface area contributed by atoms with E-state index in [1.165, 1.54) is 25.3 Å². The number of amides is 1. The molecule has 180 valence electrons. The molecule has 0 aliphatic heterocycles. The van der Waals surface area contributed by atoms with Gasteiger partial charge in [0, 0.05) is 17.3 Å². The van der Waals surface area contributed by atoms with E-state index in [-0.39, 0.29) is 22.2 Å². The molecule has 0 unspecified atom stereocenters. The average molecular weight is 510 g/mol. The first-order chi connectivity index (χ1) is 16.8. The molecule has 35 heavy (non-hydrogen) atoms. The van der Waals surface area contributed by atoms with Crippen molar-refractivity contribution < 1.29 is 17.9 Å². The highest BCUT2D eigenvalue weighted by Gasteiger charge is 2.44. The van der Waals surface area contributed by atoms with Crippen molar-refractivity contribution in [3.63, 3.8) is 0 Å². The van der Waals surface area contributed by atoms with Gasteiger partial charge in [-0.25, -0.2) is 8.42 Å². The lowest BCUT2D eigenvalue weighted by molar-refractivity contribution is -0.116. The van der Waals surface area contributed by atoms with Crippen LogP contribution in [0.1, 0.15) is 24.0 Å². The Hall–Kier alpha value is -3.38. The van der Waals surface area contributed by atoms with Gasteiger partial charge in [-0.05, 0) is 54.3 Å². The number of halogens is 1. The summed E-state index contributed by atoms with van der Waals surface area (Å²) in [6, 6.07) is 22.8. The Kier molecular flexibility index (Phi) is 7.13. The molecule has 0 atom stereocenters. The van der Waals surface area contributed by atoms with Crippen molar-refractivity contribution in [2.75, 3.05) is 19.0 Å². The van der Waals surface area contributed by atoms with Gasteiger partial charge in [-0.2, -0.15) is 9.57 Å². The van der Waals surface area contributed by atoms with Gasteiger partial charge in [-0.1, -0.05) is 54.1 Å². The van der Waals surface area contributed by atoms with Gasteiger partial charge in [0.2, 0.25) is 15.9 Å². The molecule has 1 fully saturated rings. The molecule has 0 heterocycles. The molecule has 1 aliphatic carbocycles. The lowest BCUT2D eigenvalue weighted by Gasteiger charge is -2.23. The number of nitriles is 1. The number of anilines is 1. The van der Waals surface area contributed by atoms with Crippen LogP contribution in [0, 0.1) is 11.3 Å². The number of hydrogen-bond donors (Lipinski definition) is 1. The molecule has 4 rings (SSSR count). The first kappa shape index (κ1) is 24.7. The van der Waals surface area contributed by atoms with Crippen LogP contribution in [0.25, 0.3) is 0 Å². The van der Waals surface area contributed by atoms with Gasteiger partial charge in [0.15, 0.2) is 0 Å². The molecule has 9 heteroatoms. The number of nitrogens with one attached hydrogen (secondary N) is 1. The molecule has 0 spiro atoms. The van der Waals surface area contributed by atoms with Crippen molar-refractivity contribution >= 4 is 33.2 Å². The largest absolute Gasteiger partial charge is 0.495 e. The highest BCUT2D eigenvalue weighted by Crippen LogP contribution is 2.47. The van der Waals surface area contributed by atoms with Crippen LogP contribution >= 0.6 is 11.6 Å². The molecule has 3 aromatic rings. The van der Waals surface area contributed by atoms with E-state index < -0.39 is 27.9 Å². The summed E-state index contributed by atoms with van der Waals surface area (Å²) in [5.41, 5.74) is 1.74. The minimum Gasteiger partial charge on any atom is -0.495 e. The van der Waals surface area contributed by atoms with E-state index in [4.69, 9.17) is 16.3 Å². The second-order valence-electron chi connectivity index (χ2n) is 8.37. The Morgan fingerprint density at radius 2 is 1.80 bits per heavy atom. The second kappa shape index (κ2) is 10.1.